The number of nitrogens with zero attached hydrogens (tertiary/aromatic N) is 2. The van der Waals surface area contributed by atoms with Gasteiger partial charge in [-0.2, -0.15) is 0 Å². The van der Waals surface area contributed by atoms with Crippen molar-refractivity contribution in [3.8, 4) is 0 Å². The van der Waals surface area contributed by atoms with Crippen molar-refractivity contribution in [1.82, 2.24) is 9.97 Å². The van der Waals surface area contributed by atoms with Crippen LogP contribution in [0.5, 0.6) is 0 Å². The van der Waals surface area contributed by atoms with Gasteiger partial charge in [-0.1, -0.05) is 24.3 Å². The van der Waals surface area contributed by atoms with Crippen molar-refractivity contribution in [2.45, 2.75) is 27.7 Å². The van der Waals surface area contributed by atoms with Crippen LogP contribution in [0.15, 0.2) is 49.1 Å². The van der Waals surface area contributed by atoms with Gasteiger partial charge in [0.1, 0.15) is 0 Å². The molecule has 0 amide bonds. The summed E-state index contributed by atoms with van der Waals surface area (Å²) < 4.78 is 0. The highest BCUT2D eigenvalue weighted by molar-refractivity contribution is 5.79. The van der Waals surface area contributed by atoms with Crippen molar-refractivity contribution in [2.75, 3.05) is 0 Å². The first-order valence-electron chi connectivity index (χ1n) is 8.84. The topological polar surface area (TPSA) is 25.8 Å². The highest BCUT2D eigenvalue weighted by Crippen LogP contribution is 2.29. The van der Waals surface area contributed by atoms with E-state index in [4.69, 9.17) is 0 Å². The average molecular weight is 340 g/mol. The van der Waals surface area contributed by atoms with Gasteiger partial charge in [-0.25, -0.2) is 0 Å². The molecule has 0 atom stereocenters. The van der Waals surface area contributed by atoms with Crippen LogP contribution in [0.1, 0.15) is 44.5 Å². The van der Waals surface area contributed by atoms with Crippen LogP contribution >= 0.6 is 0 Å². The molecule has 0 aliphatic carbocycles. The molecule has 130 valence electrons. The first-order valence-corrected chi connectivity index (χ1v) is 8.84. The third-order valence-corrected chi connectivity index (χ3v) is 5.04. The van der Waals surface area contributed by atoms with E-state index >= 15 is 0 Å². The lowest BCUT2D eigenvalue weighted by Crippen LogP contribution is -1.99. The number of pyridine rings is 2. The second-order valence-corrected chi connectivity index (χ2v) is 6.56. The van der Waals surface area contributed by atoms with Crippen molar-refractivity contribution < 1.29 is 0 Å². The Morgan fingerprint density at radius 3 is 1.12 bits per heavy atom. The maximum absolute atomic E-state index is 4.08. The van der Waals surface area contributed by atoms with Crippen LogP contribution < -0.4 is 0 Å². The second-order valence-electron chi connectivity index (χ2n) is 6.56. The summed E-state index contributed by atoms with van der Waals surface area (Å²) in [5, 5.41) is 0. The molecule has 0 spiro atoms. The lowest BCUT2D eigenvalue weighted by atomic mass is 9.88. The van der Waals surface area contributed by atoms with Crippen molar-refractivity contribution in [2.24, 2.45) is 0 Å². The van der Waals surface area contributed by atoms with E-state index in [-0.39, 0.29) is 0 Å². The van der Waals surface area contributed by atoms with Gasteiger partial charge >= 0.3 is 0 Å². The summed E-state index contributed by atoms with van der Waals surface area (Å²) in [6.07, 6.45) is 16.0. The molecular formula is C24H24N2. The van der Waals surface area contributed by atoms with Crippen molar-refractivity contribution in [3.63, 3.8) is 0 Å². The second kappa shape index (κ2) is 7.92. The molecule has 2 aromatic heterocycles. The predicted octanol–water partition coefficient (Wildman–Crippen LogP) is 6.05. The number of hydrogen-bond donors (Lipinski definition) is 0. The van der Waals surface area contributed by atoms with E-state index in [2.05, 4.69) is 62.0 Å². The van der Waals surface area contributed by atoms with Gasteiger partial charge < -0.3 is 0 Å². The van der Waals surface area contributed by atoms with E-state index in [1.165, 1.54) is 33.4 Å². The van der Waals surface area contributed by atoms with Gasteiger partial charge in [0, 0.05) is 24.8 Å². The molecule has 2 heterocycles. The average Bonchev–Trinajstić information content (AvgIpc) is 2.68. The van der Waals surface area contributed by atoms with Gasteiger partial charge in [0.2, 0.25) is 0 Å². The minimum Gasteiger partial charge on any atom is -0.265 e. The van der Waals surface area contributed by atoms with Crippen LogP contribution in [0.2, 0.25) is 0 Å². The molecule has 3 aromatic rings. The van der Waals surface area contributed by atoms with Crippen LogP contribution in [0, 0.1) is 27.7 Å². The van der Waals surface area contributed by atoms with E-state index in [9.17, 15) is 0 Å². The fraction of sp³-hybridized carbons (Fsp3) is 0.167. The van der Waals surface area contributed by atoms with E-state index in [0.29, 0.717) is 0 Å². The highest BCUT2D eigenvalue weighted by Gasteiger charge is 2.11. The lowest BCUT2D eigenvalue weighted by molar-refractivity contribution is 1.21. The van der Waals surface area contributed by atoms with Crippen molar-refractivity contribution in [3.05, 3.63) is 93.6 Å². The Bertz CT molecular complexity index is 843. The Hall–Kier alpha value is -3.00. The van der Waals surface area contributed by atoms with Crippen LogP contribution in [0.3, 0.4) is 0 Å². The summed E-state index contributed by atoms with van der Waals surface area (Å²) in [6, 6.07) is 8.08. The Morgan fingerprint density at radius 2 is 0.808 bits per heavy atom. The molecule has 0 saturated carbocycles. The summed E-state index contributed by atoms with van der Waals surface area (Å²) in [5.41, 5.74) is 10.2. The molecule has 2 nitrogen and oxygen atoms in total. The maximum Gasteiger partial charge on any atom is 0.0273 e. The smallest absolute Gasteiger partial charge is 0.0273 e. The normalized spacial score (nSPS) is 11.5. The van der Waals surface area contributed by atoms with E-state index in [0.717, 1.165) is 11.1 Å². The van der Waals surface area contributed by atoms with E-state index < -0.39 is 0 Å². The molecule has 0 fully saturated rings. The van der Waals surface area contributed by atoms with E-state index in [1.807, 2.05) is 49.1 Å². The molecule has 0 unspecified atom stereocenters. The van der Waals surface area contributed by atoms with Gasteiger partial charge in [-0.05, 0) is 96.5 Å². The van der Waals surface area contributed by atoms with Crippen LogP contribution in [-0.4, -0.2) is 9.97 Å². The van der Waals surface area contributed by atoms with Crippen molar-refractivity contribution in [1.29, 1.82) is 0 Å². The van der Waals surface area contributed by atoms with Gasteiger partial charge in [0.15, 0.2) is 0 Å². The molecule has 0 radical (unpaired) electrons. The third-order valence-electron chi connectivity index (χ3n) is 5.04. The number of hydrogen-bond acceptors (Lipinski definition) is 2. The predicted molar refractivity (Wildman–Crippen MR) is 112 cm³/mol. The van der Waals surface area contributed by atoms with Gasteiger partial charge in [-0.15, -0.1) is 0 Å². The summed E-state index contributed by atoms with van der Waals surface area (Å²) in [6.45, 7) is 8.82. The zero-order chi connectivity index (χ0) is 18.5. The molecule has 1 aromatic carbocycles. The quantitative estimate of drug-likeness (QED) is 0.577. The van der Waals surface area contributed by atoms with Gasteiger partial charge in [0.05, 0.1) is 0 Å². The molecule has 0 bridgehead atoms. The zero-order valence-corrected chi connectivity index (χ0v) is 15.8. The number of aromatic nitrogens is 2. The Labute approximate surface area is 156 Å². The first-order chi connectivity index (χ1) is 12.6. The molecule has 0 aliphatic rings. The summed E-state index contributed by atoms with van der Waals surface area (Å²) >= 11 is 0. The molecule has 2 heteroatoms. The largest absolute Gasteiger partial charge is 0.265 e. The fourth-order valence-electron chi connectivity index (χ4n) is 3.18. The maximum atomic E-state index is 4.08. The molecule has 26 heavy (non-hydrogen) atoms. The third kappa shape index (κ3) is 3.80. The summed E-state index contributed by atoms with van der Waals surface area (Å²) in [5.74, 6) is 0. The van der Waals surface area contributed by atoms with Gasteiger partial charge in [0.25, 0.3) is 0 Å². The number of benzene rings is 1. The number of rotatable bonds is 4. The highest BCUT2D eigenvalue weighted by atomic mass is 14.6. The van der Waals surface area contributed by atoms with Crippen molar-refractivity contribution >= 4 is 24.3 Å². The van der Waals surface area contributed by atoms with Crippen LogP contribution in [0.4, 0.5) is 0 Å². The standard InChI is InChI=1S/C24H24N2/c1-17-18(2)24(8-6-22-11-15-26-16-12-22)20(4)19(3)23(17)7-5-21-9-13-25-14-10-21/h5-16H,1-4H3. The minimum atomic E-state index is 1.16. The lowest BCUT2D eigenvalue weighted by Gasteiger charge is -2.17. The molecule has 0 N–H and O–H groups in total. The molecule has 3 rings (SSSR count). The summed E-state index contributed by atoms with van der Waals surface area (Å²) in [4.78, 5) is 8.15. The molecular weight excluding hydrogens is 316 g/mol. The van der Waals surface area contributed by atoms with Gasteiger partial charge in [-0.3, -0.25) is 9.97 Å². The fourth-order valence-corrected chi connectivity index (χ4v) is 3.18. The Kier molecular flexibility index (Phi) is 5.43. The Balaban J connectivity index is 2.00. The van der Waals surface area contributed by atoms with Crippen LogP contribution in [-0.2, 0) is 0 Å². The van der Waals surface area contributed by atoms with E-state index in [1.54, 1.807) is 0 Å². The first kappa shape index (κ1) is 17.8. The SMILES string of the molecule is Cc1c(C)c(C=Cc2ccncc2)c(C)c(C)c1C=Cc1ccncc1. The Morgan fingerprint density at radius 1 is 0.500 bits per heavy atom. The summed E-state index contributed by atoms with van der Waals surface area (Å²) in [7, 11) is 0. The minimum absolute atomic E-state index is 1.16. The molecule has 0 saturated heterocycles. The molecule has 0 aliphatic heterocycles. The zero-order valence-electron chi connectivity index (χ0n) is 15.8. The monoisotopic (exact) mass is 340 g/mol. The van der Waals surface area contributed by atoms with Crippen LogP contribution in [0.25, 0.3) is 24.3 Å².